The number of hydrogen-bond donors (Lipinski definition) is 2. The zero-order chi connectivity index (χ0) is 12.3. The first kappa shape index (κ1) is 11.0. The lowest BCUT2D eigenvalue weighted by atomic mass is 10.3. The SMILES string of the molecule is CNc1nc(-c2ccccn2)ncc1C(=O)O. The lowest BCUT2D eigenvalue weighted by molar-refractivity contribution is 0.0697. The van der Waals surface area contributed by atoms with Crippen molar-refractivity contribution in [3.63, 3.8) is 0 Å². The maximum atomic E-state index is 10.9. The lowest BCUT2D eigenvalue weighted by Gasteiger charge is -2.05. The molecular formula is C11H10N4O2. The van der Waals surface area contributed by atoms with Gasteiger partial charge in [0.2, 0.25) is 0 Å². The van der Waals surface area contributed by atoms with Gasteiger partial charge in [0.15, 0.2) is 5.82 Å². The molecular weight excluding hydrogens is 220 g/mol. The summed E-state index contributed by atoms with van der Waals surface area (Å²) in [6, 6.07) is 5.36. The average molecular weight is 230 g/mol. The summed E-state index contributed by atoms with van der Waals surface area (Å²) in [6.45, 7) is 0. The van der Waals surface area contributed by atoms with E-state index in [2.05, 4.69) is 20.3 Å². The Kier molecular flexibility index (Phi) is 2.95. The molecule has 0 fully saturated rings. The molecule has 0 aliphatic rings. The van der Waals surface area contributed by atoms with Gasteiger partial charge < -0.3 is 10.4 Å². The predicted molar refractivity (Wildman–Crippen MR) is 61.8 cm³/mol. The molecule has 2 aromatic heterocycles. The van der Waals surface area contributed by atoms with Gasteiger partial charge in [0, 0.05) is 19.4 Å². The number of pyridine rings is 1. The molecule has 0 amide bonds. The second-order valence-corrected chi connectivity index (χ2v) is 3.23. The monoisotopic (exact) mass is 230 g/mol. The maximum Gasteiger partial charge on any atom is 0.341 e. The Morgan fingerprint density at radius 3 is 2.76 bits per heavy atom. The molecule has 0 radical (unpaired) electrons. The van der Waals surface area contributed by atoms with E-state index in [9.17, 15) is 4.79 Å². The molecule has 17 heavy (non-hydrogen) atoms. The van der Waals surface area contributed by atoms with E-state index in [0.717, 1.165) is 0 Å². The number of nitrogens with one attached hydrogen (secondary N) is 1. The van der Waals surface area contributed by atoms with Crippen LogP contribution in [-0.4, -0.2) is 33.1 Å². The van der Waals surface area contributed by atoms with Crippen LogP contribution >= 0.6 is 0 Å². The number of carbonyl (C=O) groups is 1. The molecule has 0 aromatic carbocycles. The molecule has 6 nitrogen and oxygen atoms in total. The van der Waals surface area contributed by atoms with Gasteiger partial charge in [-0.2, -0.15) is 0 Å². The van der Waals surface area contributed by atoms with Crippen LogP contribution < -0.4 is 5.32 Å². The van der Waals surface area contributed by atoms with Crippen LogP contribution in [-0.2, 0) is 0 Å². The van der Waals surface area contributed by atoms with E-state index in [1.165, 1.54) is 6.20 Å². The third-order valence-electron chi connectivity index (χ3n) is 2.15. The van der Waals surface area contributed by atoms with Gasteiger partial charge in [-0.25, -0.2) is 14.8 Å². The van der Waals surface area contributed by atoms with Gasteiger partial charge in [-0.3, -0.25) is 4.98 Å². The van der Waals surface area contributed by atoms with E-state index in [-0.39, 0.29) is 11.4 Å². The Hall–Kier alpha value is -2.50. The van der Waals surface area contributed by atoms with E-state index in [1.54, 1.807) is 25.4 Å². The minimum absolute atomic E-state index is 0.0344. The molecule has 2 aromatic rings. The van der Waals surface area contributed by atoms with Gasteiger partial charge >= 0.3 is 5.97 Å². The summed E-state index contributed by atoms with van der Waals surface area (Å²) in [6.07, 6.45) is 2.90. The molecule has 0 saturated carbocycles. The smallest absolute Gasteiger partial charge is 0.341 e. The Morgan fingerprint density at radius 2 is 2.18 bits per heavy atom. The Bertz CT molecular complexity index is 542. The second-order valence-electron chi connectivity index (χ2n) is 3.23. The third-order valence-corrected chi connectivity index (χ3v) is 2.15. The number of carboxylic acid groups (broad SMARTS) is 1. The van der Waals surface area contributed by atoms with Crippen molar-refractivity contribution in [2.75, 3.05) is 12.4 Å². The van der Waals surface area contributed by atoms with Crippen LogP contribution in [0.3, 0.4) is 0 Å². The van der Waals surface area contributed by atoms with E-state index in [0.29, 0.717) is 11.5 Å². The summed E-state index contributed by atoms with van der Waals surface area (Å²) < 4.78 is 0. The van der Waals surface area contributed by atoms with Gasteiger partial charge in [0.25, 0.3) is 0 Å². The van der Waals surface area contributed by atoms with Gasteiger partial charge in [-0.1, -0.05) is 6.07 Å². The number of aromatic carboxylic acids is 1. The topological polar surface area (TPSA) is 88.0 Å². The van der Waals surface area contributed by atoms with E-state index >= 15 is 0 Å². The van der Waals surface area contributed by atoms with Crippen molar-refractivity contribution < 1.29 is 9.90 Å². The van der Waals surface area contributed by atoms with Gasteiger partial charge in [-0.05, 0) is 12.1 Å². The molecule has 0 aliphatic heterocycles. The van der Waals surface area contributed by atoms with E-state index in [1.807, 2.05) is 6.07 Å². The quantitative estimate of drug-likeness (QED) is 0.825. The summed E-state index contributed by atoms with van der Waals surface area (Å²) in [5.41, 5.74) is 0.633. The maximum absolute atomic E-state index is 10.9. The minimum Gasteiger partial charge on any atom is -0.477 e. The standard InChI is InChI=1S/C11H10N4O2/c1-12-9-7(11(16)17)6-14-10(15-9)8-4-2-3-5-13-8/h2-6H,1H3,(H,16,17)(H,12,14,15). The molecule has 6 heteroatoms. The molecule has 2 rings (SSSR count). The highest BCUT2D eigenvalue weighted by Gasteiger charge is 2.13. The van der Waals surface area contributed by atoms with Gasteiger partial charge in [-0.15, -0.1) is 0 Å². The summed E-state index contributed by atoms with van der Waals surface area (Å²) in [4.78, 5) is 23.1. The number of carboxylic acids is 1. The van der Waals surface area contributed by atoms with Crippen molar-refractivity contribution in [2.45, 2.75) is 0 Å². The third kappa shape index (κ3) is 2.20. The zero-order valence-electron chi connectivity index (χ0n) is 9.08. The Labute approximate surface area is 97.4 Å². The van der Waals surface area contributed by atoms with Crippen LogP contribution in [0.4, 0.5) is 5.82 Å². The molecule has 2 N–H and O–H groups in total. The van der Waals surface area contributed by atoms with Crippen LogP contribution in [0.1, 0.15) is 10.4 Å². The highest BCUT2D eigenvalue weighted by atomic mass is 16.4. The lowest BCUT2D eigenvalue weighted by Crippen LogP contribution is -2.07. The number of hydrogen-bond acceptors (Lipinski definition) is 5. The van der Waals surface area contributed by atoms with Crippen molar-refractivity contribution >= 4 is 11.8 Å². The Balaban J connectivity index is 2.49. The summed E-state index contributed by atoms with van der Waals surface area (Å²) in [5.74, 6) is -0.407. The minimum atomic E-state index is -1.07. The number of rotatable bonds is 3. The summed E-state index contributed by atoms with van der Waals surface area (Å²) >= 11 is 0. The molecule has 2 heterocycles. The average Bonchev–Trinajstić information content (AvgIpc) is 2.39. The van der Waals surface area contributed by atoms with Crippen molar-refractivity contribution in [2.24, 2.45) is 0 Å². The molecule has 0 aliphatic carbocycles. The number of aromatic nitrogens is 3. The highest BCUT2D eigenvalue weighted by molar-refractivity contribution is 5.92. The van der Waals surface area contributed by atoms with E-state index < -0.39 is 5.97 Å². The summed E-state index contributed by atoms with van der Waals surface area (Å²) in [7, 11) is 1.61. The first-order chi connectivity index (χ1) is 8.22. The summed E-state index contributed by atoms with van der Waals surface area (Å²) in [5, 5.41) is 11.6. The molecule has 0 bridgehead atoms. The first-order valence-corrected chi connectivity index (χ1v) is 4.92. The predicted octanol–water partition coefficient (Wildman–Crippen LogP) is 1.28. The highest BCUT2D eigenvalue weighted by Crippen LogP contribution is 2.16. The van der Waals surface area contributed by atoms with Gasteiger partial charge in [0.1, 0.15) is 17.1 Å². The Morgan fingerprint density at radius 1 is 1.35 bits per heavy atom. The molecule has 86 valence electrons. The molecule has 0 unspecified atom stereocenters. The fourth-order valence-corrected chi connectivity index (χ4v) is 1.35. The van der Waals surface area contributed by atoms with E-state index in [4.69, 9.17) is 5.11 Å². The first-order valence-electron chi connectivity index (χ1n) is 4.92. The van der Waals surface area contributed by atoms with Crippen molar-refractivity contribution in [3.8, 4) is 11.5 Å². The van der Waals surface area contributed by atoms with Crippen molar-refractivity contribution in [1.82, 2.24) is 15.0 Å². The normalized spacial score (nSPS) is 9.94. The van der Waals surface area contributed by atoms with Gasteiger partial charge in [0.05, 0.1) is 0 Å². The largest absolute Gasteiger partial charge is 0.477 e. The van der Waals surface area contributed by atoms with Crippen LogP contribution in [0.2, 0.25) is 0 Å². The fraction of sp³-hybridized carbons (Fsp3) is 0.0909. The van der Waals surface area contributed by atoms with Crippen LogP contribution in [0.25, 0.3) is 11.5 Å². The van der Waals surface area contributed by atoms with Crippen molar-refractivity contribution in [1.29, 1.82) is 0 Å². The van der Waals surface area contributed by atoms with Crippen LogP contribution in [0.15, 0.2) is 30.6 Å². The molecule has 0 atom stereocenters. The number of nitrogens with zero attached hydrogens (tertiary/aromatic N) is 3. The van der Waals surface area contributed by atoms with Crippen LogP contribution in [0.5, 0.6) is 0 Å². The second kappa shape index (κ2) is 4.56. The fourth-order valence-electron chi connectivity index (χ4n) is 1.35. The molecule has 0 spiro atoms. The van der Waals surface area contributed by atoms with Crippen molar-refractivity contribution in [3.05, 3.63) is 36.2 Å². The molecule has 0 saturated heterocycles. The zero-order valence-corrected chi connectivity index (χ0v) is 9.08. The number of anilines is 1. The van der Waals surface area contributed by atoms with Crippen LogP contribution in [0, 0.1) is 0 Å².